The van der Waals surface area contributed by atoms with Crippen molar-refractivity contribution in [3.05, 3.63) is 102 Å². The Balaban J connectivity index is 0.000000291. The number of nitrogens with one attached hydrogen (secondary N) is 3. The van der Waals surface area contributed by atoms with Crippen LogP contribution in [0.15, 0.2) is 79.5 Å². The Morgan fingerprint density at radius 2 is 1.86 bits per heavy atom. The number of urea groups is 1. The van der Waals surface area contributed by atoms with Crippen LogP contribution in [0.3, 0.4) is 0 Å². The van der Waals surface area contributed by atoms with Crippen LogP contribution in [-0.2, 0) is 17.9 Å². The van der Waals surface area contributed by atoms with Gasteiger partial charge in [-0.2, -0.15) is 5.10 Å². The largest absolute Gasteiger partial charge is 0.363 e. The first-order chi connectivity index (χ1) is 21.3. The number of anilines is 1. The van der Waals surface area contributed by atoms with Crippen LogP contribution in [0.2, 0.25) is 0 Å². The molecule has 1 saturated heterocycles. The summed E-state index contributed by atoms with van der Waals surface area (Å²) in [5.74, 6) is 0.796. The monoisotopic (exact) mass is 594 g/mol. The summed E-state index contributed by atoms with van der Waals surface area (Å²) in [6, 6.07) is 16.3. The van der Waals surface area contributed by atoms with E-state index in [2.05, 4.69) is 69.3 Å². The van der Waals surface area contributed by atoms with Crippen LogP contribution in [0.1, 0.15) is 42.0 Å². The molecular formula is C34H42N8O2. The molecule has 6 rings (SSSR count). The molecule has 0 saturated carbocycles. The van der Waals surface area contributed by atoms with Crippen LogP contribution in [0.4, 0.5) is 10.5 Å². The molecule has 4 aromatic rings. The third-order valence-electron chi connectivity index (χ3n) is 8.34. The Morgan fingerprint density at radius 1 is 1.11 bits per heavy atom. The summed E-state index contributed by atoms with van der Waals surface area (Å²) in [6.45, 7) is 14.0. The fraction of sp³-hybridized carbons (Fsp3) is 0.353. The summed E-state index contributed by atoms with van der Waals surface area (Å²) >= 11 is 0. The molecule has 230 valence electrons. The number of H-pyrrole nitrogens is 1. The average molecular weight is 595 g/mol. The van der Waals surface area contributed by atoms with Crippen molar-refractivity contribution in [3.8, 4) is 0 Å². The van der Waals surface area contributed by atoms with Gasteiger partial charge in [0.25, 0.3) is 0 Å². The van der Waals surface area contributed by atoms with Crippen molar-refractivity contribution >= 4 is 28.5 Å². The van der Waals surface area contributed by atoms with Crippen LogP contribution in [-0.4, -0.2) is 74.0 Å². The molecule has 0 aliphatic carbocycles. The van der Waals surface area contributed by atoms with E-state index >= 15 is 0 Å². The summed E-state index contributed by atoms with van der Waals surface area (Å²) in [7, 11) is 0. The van der Waals surface area contributed by atoms with Crippen molar-refractivity contribution in [3.63, 3.8) is 0 Å². The fourth-order valence-corrected chi connectivity index (χ4v) is 5.87. The van der Waals surface area contributed by atoms with Crippen LogP contribution in [0.5, 0.6) is 0 Å². The van der Waals surface area contributed by atoms with E-state index in [-0.39, 0.29) is 24.5 Å². The predicted molar refractivity (Wildman–Crippen MR) is 174 cm³/mol. The van der Waals surface area contributed by atoms with Crippen LogP contribution >= 0.6 is 0 Å². The molecule has 1 fully saturated rings. The average Bonchev–Trinajstić information content (AvgIpc) is 3.52. The van der Waals surface area contributed by atoms with Gasteiger partial charge in [0.15, 0.2) is 0 Å². The van der Waals surface area contributed by atoms with Crippen molar-refractivity contribution in [1.82, 2.24) is 35.2 Å². The van der Waals surface area contributed by atoms with Gasteiger partial charge in [-0.3, -0.25) is 14.9 Å². The van der Waals surface area contributed by atoms with Crippen molar-refractivity contribution in [1.29, 1.82) is 0 Å². The normalized spacial score (nSPS) is 14.8. The Labute approximate surface area is 259 Å². The molecule has 0 radical (unpaired) electrons. The molecule has 4 heterocycles. The van der Waals surface area contributed by atoms with Gasteiger partial charge >= 0.3 is 6.03 Å². The maximum absolute atomic E-state index is 12.7. The molecule has 10 nitrogen and oxygen atoms in total. The van der Waals surface area contributed by atoms with Gasteiger partial charge in [0.1, 0.15) is 0 Å². The van der Waals surface area contributed by atoms with E-state index in [4.69, 9.17) is 0 Å². The van der Waals surface area contributed by atoms with E-state index in [1.165, 1.54) is 16.5 Å². The number of hydrogen-bond acceptors (Lipinski definition) is 6. The van der Waals surface area contributed by atoms with Gasteiger partial charge in [-0.15, -0.1) is 0 Å². The van der Waals surface area contributed by atoms with Crippen LogP contribution in [0.25, 0.3) is 10.9 Å². The summed E-state index contributed by atoms with van der Waals surface area (Å²) < 4.78 is 0. The Hall–Kier alpha value is -4.86. The molecule has 2 aromatic heterocycles. The highest BCUT2D eigenvalue weighted by Crippen LogP contribution is 2.28. The van der Waals surface area contributed by atoms with Gasteiger partial charge in [0, 0.05) is 62.2 Å². The van der Waals surface area contributed by atoms with Gasteiger partial charge in [-0.05, 0) is 74.6 Å². The number of hydrogen-bond donors (Lipinski definition) is 3. The number of aromatic amines is 1. The predicted octanol–water partition coefficient (Wildman–Crippen LogP) is 5.18. The quantitative estimate of drug-likeness (QED) is 0.259. The highest BCUT2D eigenvalue weighted by molar-refractivity contribution is 5.92. The van der Waals surface area contributed by atoms with Gasteiger partial charge in [-0.25, -0.2) is 4.79 Å². The maximum Gasteiger partial charge on any atom is 0.322 e. The summed E-state index contributed by atoms with van der Waals surface area (Å²) in [6.07, 6.45) is 7.07. The number of likely N-dealkylation sites (N-methyl/N-ethyl adjacent to an activating group) is 1. The molecular weight excluding hydrogens is 552 g/mol. The highest BCUT2D eigenvalue weighted by atomic mass is 16.2. The van der Waals surface area contributed by atoms with Crippen molar-refractivity contribution in [2.45, 2.75) is 52.7 Å². The second kappa shape index (κ2) is 14.1. The zero-order chi connectivity index (χ0) is 31.1. The maximum atomic E-state index is 12.7. The third kappa shape index (κ3) is 7.37. The number of piperidine rings is 1. The lowest BCUT2D eigenvalue weighted by Gasteiger charge is -2.41. The molecule has 0 bridgehead atoms. The molecule has 44 heavy (non-hydrogen) atoms. The van der Waals surface area contributed by atoms with Gasteiger partial charge < -0.3 is 25.3 Å². The first-order valence-electron chi connectivity index (χ1n) is 15.2. The number of benzene rings is 2. The lowest BCUT2D eigenvalue weighted by molar-refractivity contribution is -0.130. The highest BCUT2D eigenvalue weighted by Gasteiger charge is 2.31. The minimum atomic E-state index is -0.0245. The van der Waals surface area contributed by atoms with E-state index in [9.17, 15) is 9.59 Å². The second-order valence-corrected chi connectivity index (χ2v) is 11.4. The van der Waals surface area contributed by atoms with Gasteiger partial charge in [0.05, 0.1) is 24.1 Å². The first-order valence-corrected chi connectivity index (χ1v) is 15.2. The number of para-hydroxylation sites is 1. The third-order valence-corrected chi connectivity index (χ3v) is 8.34. The zero-order valence-electron chi connectivity index (χ0n) is 25.8. The number of pyridine rings is 1. The summed E-state index contributed by atoms with van der Waals surface area (Å²) in [5.41, 5.74) is 6.81. The van der Waals surface area contributed by atoms with Crippen molar-refractivity contribution in [2.24, 2.45) is 0 Å². The van der Waals surface area contributed by atoms with Crippen LogP contribution < -0.4 is 10.6 Å². The molecule has 3 N–H and O–H groups in total. The van der Waals surface area contributed by atoms with E-state index in [0.717, 1.165) is 54.1 Å². The number of likely N-dealkylation sites (tertiary alicyclic amines) is 1. The summed E-state index contributed by atoms with van der Waals surface area (Å²) in [5, 5.41) is 14.3. The lowest BCUT2D eigenvalue weighted by atomic mass is 10.0. The Kier molecular flexibility index (Phi) is 9.79. The fourth-order valence-electron chi connectivity index (χ4n) is 5.87. The molecule has 3 amide bonds. The van der Waals surface area contributed by atoms with Gasteiger partial charge in [0.2, 0.25) is 5.91 Å². The second-order valence-electron chi connectivity index (χ2n) is 11.4. The molecule has 0 unspecified atom stereocenters. The first kappa shape index (κ1) is 30.6. The standard InChI is InChI=1S/C25H32N6O2.C9H10N2/c1-3-29(17-20-8-12-26-13-9-20)24(32)16-27-19(2)30-14-10-22(11-15-30)31-18-21-6-4-5-7-23(21)28-25(31)33;1-6-3-7(2)9-8(4-6)5-10-11-9/h4-9,12-13,22,27H,2-3,10-11,14-18H2,1H3,(H,28,33);3-5H,1-2H3,(H,10,11). The van der Waals surface area contributed by atoms with Crippen molar-refractivity contribution in [2.75, 3.05) is 31.5 Å². The molecule has 2 aliphatic rings. The lowest BCUT2D eigenvalue weighted by Crippen LogP contribution is -2.51. The number of carbonyl (C=O) groups excluding carboxylic acids is 2. The molecule has 2 aromatic carbocycles. The number of aromatic nitrogens is 3. The SMILES string of the molecule is C=C(NCC(=O)N(CC)Cc1ccncc1)N1CCC(N2Cc3ccccc3NC2=O)CC1.Cc1cc(C)c2[nH]ncc2c1. The smallest absolute Gasteiger partial charge is 0.322 e. The topological polar surface area (TPSA) is 109 Å². The minimum Gasteiger partial charge on any atom is -0.363 e. The summed E-state index contributed by atoms with van der Waals surface area (Å²) in [4.78, 5) is 35.2. The Bertz CT molecular complexity index is 1590. The molecule has 0 atom stereocenters. The van der Waals surface area contributed by atoms with Crippen LogP contribution in [0, 0.1) is 13.8 Å². The number of rotatable bonds is 8. The van der Waals surface area contributed by atoms with E-state index in [1.807, 2.05) is 53.3 Å². The number of amides is 3. The van der Waals surface area contributed by atoms with Crippen molar-refractivity contribution < 1.29 is 9.59 Å². The molecule has 0 spiro atoms. The zero-order valence-corrected chi connectivity index (χ0v) is 25.8. The number of fused-ring (bicyclic) bond motifs is 2. The number of nitrogens with zero attached hydrogens (tertiary/aromatic N) is 5. The van der Waals surface area contributed by atoms with E-state index in [0.29, 0.717) is 19.6 Å². The minimum absolute atomic E-state index is 0.0245. The van der Waals surface area contributed by atoms with Gasteiger partial charge in [-0.1, -0.05) is 36.4 Å². The van der Waals surface area contributed by atoms with E-state index in [1.54, 1.807) is 12.4 Å². The number of carbonyl (C=O) groups is 2. The molecule has 10 heteroatoms. The van der Waals surface area contributed by atoms with E-state index < -0.39 is 0 Å². The Morgan fingerprint density at radius 3 is 2.61 bits per heavy atom. The molecule has 2 aliphatic heterocycles. The number of aryl methyl sites for hydroxylation is 2.